The fraction of sp³-hybridized carbons (Fsp3) is 0.0714. The molecular weight excluding hydrogens is 403 g/mol. The van der Waals surface area contributed by atoms with Gasteiger partial charge in [0.1, 0.15) is 6.07 Å². The maximum absolute atomic E-state index is 9.08. The van der Waals surface area contributed by atoms with Gasteiger partial charge in [0.15, 0.2) is 0 Å². The van der Waals surface area contributed by atoms with Crippen molar-refractivity contribution in [2.45, 2.75) is 6.92 Å². The van der Waals surface area contributed by atoms with Crippen molar-refractivity contribution in [2.24, 2.45) is 0 Å². The van der Waals surface area contributed by atoms with Crippen LogP contribution < -0.4 is 5.32 Å². The van der Waals surface area contributed by atoms with Gasteiger partial charge in [-0.25, -0.2) is 0 Å². The van der Waals surface area contributed by atoms with E-state index in [9.17, 15) is 0 Å². The summed E-state index contributed by atoms with van der Waals surface area (Å²) in [6, 6.07) is 13.9. The molecule has 90 valence electrons. The highest BCUT2D eigenvalue weighted by Crippen LogP contribution is 2.26. The number of nitrogens with zero attached hydrogens (tertiary/aromatic N) is 1. The standard InChI is InChI=1S/C14H10BrIN2/c1-9-2-5-12(7-13(9)16)18-14-6-11(15)4-3-10(14)8-17/h2-7,18H,1H3. The first-order valence-corrected chi connectivity index (χ1v) is 7.20. The molecule has 0 atom stereocenters. The summed E-state index contributed by atoms with van der Waals surface area (Å²) in [5.41, 5.74) is 3.68. The largest absolute Gasteiger partial charge is 0.354 e. The highest BCUT2D eigenvalue weighted by Gasteiger charge is 2.04. The predicted octanol–water partition coefficient (Wildman–Crippen LogP) is 4.98. The molecule has 2 aromatic rings. The molecule has 0 unspecified atom stereocenters. The molecule has 0 amide bonds. The highest BCUT2D eigenvalue weighted by molar-refractivity contribution is 14.1. The molecule has 1 N–H and O–H groups in total. The molecule has 0 aliphatic rings. The second kappa shape index (κ2) is 5.72. The zero-order valence-corrected chi connectivity index (χ0v) is 13.4. The van der Waals surface area contributed by atoms with Crippen LogP contribution in [0.4, 0.5) is 11.4 Å². The lowest BCUT2D eigenvalue weighted by atomic mass is 10.1. The number of hydrogen-bond acceptors (Lipinski definition) is 2. The summed E-state index contributed by atoms with van der Waals surface area (Å²) in [6.45, 7) is 2.07. The number of rotatable bonds is 2. The number of anilines is 2. The summed E-state index contributed by atoms with van der Waals surface area (Å²) in [5.74, 6) is 0. The van der Waals surface area contributed by atoms with E-state index in [4.69, 9.17) is 5.26 Å². The zero-order chi connectivity index (χ0) is 13.1. The van der Waals surface area contributed by atoms with E-state index < -0.39 is 0 Å². The van der Waals surface area contributed by atoms with Gasteiger partial charge < -0.3 is 5.32 Å². The minimum atomic E-state index is 0.633. The molecule has 4 heteroatoms. The van der Waals surface area contributed by atoms with E-state index in [0.29, 0.717) is 5.56 Å². The Bertz CT molecular complexity index is 632. The quantitative estimate of drug-likeness (QED) is 0.706. The van der Waals surface area contributed by atoms with Crippen molar-refractivity contribution >= 4 is 49.9 Å². The van der Waals surface area contributed by atoms with E-state index in [1.54, 1.807) is 6.07 Å². The number of nitriles is 1. The van der Waals surface area contributed by atoms with Crippen molar-refractivity contribution in [2.75, 3.05) is 5.32 Å². The van der Waals surface area contributed by atoms with Gasteiger partial charge in [-0.15, -0.1) is 0 Å². The Morgan fingerprint density at radius 3 is 2.67 bits per heavy atom. The van der Waals surface area contributed by atoms with Crippen LogP contribution in [0.2, 0.25) is 0 Å². The molecule has 2 rings (SSSR count). The second-order valence-electron chi connectivity index (χ2n) is 3.89. The Labute approximate surface area is 128 Å². The van der Waals surface area contributed by atoms with Gasteiger partial charge in [-0.2, -0.15) is 5.26 Å². The minimum absolute atomic E-state index is 0.633. The average Bonchev–Trinajstić information content (AvgIpc) is 2.34. The Morgan fingerprint density at radius 1 is 1.22 bits per heavy atom. The second-order valence-corrected chi connectivity index (χ2v) is 5.97. The summed E-state index contributed by atoms with van der Waals surface area (Å²) in [5, 5.41) is 12.4. The van der Waals surface area contributed by atoms with E-state index in [1.807, 2.05) is 18.2 Å². The van der Waals surface area contributed by atoms with Crippen LogP contribution in [0, 0.1) is 21.8 Å². The van der Waals surface area contributed by atoms with Crippen LogP contribution >= 0.6 is 38.5 Å². The van der Waals surface area contributed by atoms with Gasteiger partial charge in [0.2, 0.25) is 0 Å². The molecule has 2 aromatic carbocycles. The summed E-state index contributed by atoms with van der Waals surface area (Å²) in [6.07, 6.45) is 0. The summed E-state index contributed by atoms with van der Waals surface area (Å²) < 4.78 is 2.15. The third kappa shape index (κ3) is 3.03. The molecule has 18 heavy (non-hydrogen) atoms. The molecule has 0 heterocycles. The molecule has 2 nitrogen and oxygen atoms in total. The average molecular weight is 413 g/mol. The molecule has 0 bridgehead atoms. The Balaban J connectivity index is 2.36. The molecule has 0 aliphatic carbocycles. The number of halogens is 2. The lowest BCUT2D eigenvalue weighted by Gasteiger charge is -2.10. The first-order valence-electron chi connectivity index (χ1n) is 5.33. The Morgan fingerprint density at radius 2 is 2.00 bits per heavy atom. The van der Waals surface area contributed by atoms with Crippen LogP contribution in [0.15, 0.2) is 40.9 Å². The smallest absolute Gasteiger partial charge is 0.101 e. The van der Waals surface area contributed by atoms with Gasteiger partial charge in [0, 0.05) is 13.7 Å². The van der Waals surface area contributed by atoms with Crippen molar-refractivity contribution < 1.29 is 0 Å². The minimum Gasteiger partial charge on any atom is -0.354 e. The molecule has 0 saturated heterocycles. The first-order chi connectivity index (χ1) is 8.60. The van der Waals surface area contributed by atoms with Gasteiger partial charge in [-0.3, -0.25) is 0 Å². The third-order valence-electron chi connectivity index (χ3n) is 2.55. The van der Waals surface area contributed by atoms with E-state index in [-0.39, 0.29) is 0 Å². The van der Waals surface area contributed by atoms with E-state index in [2.05, 4.69) is 69.0 Å². The normalized spacial score (nSPS) is 9.89. The number of aryl methyl sites for hydroxylation is 1. The molecule has 0 radical (unpaired) electrons. The van der Waals surface area contributed by atoms with Crippen LogP contribution in [-0.2, 0) is 0 Å². The third-order valence-corrected chi connectivity index (χ3v) is 4.21. The zero-order valence-electron chi connectivity index (χ0n) is 9.67. The van der Waals surface area contributed by atoms with Gasteiger partial charge in [-0.05, 0) is 65.4 Å². The topological polar surface area (TPSA) is 35.8 Å². The van der Waals surface area contributed by atoms with Crippen LogP contribution in [0.1, 0.15) is 11.1 Å². The fourth-order valence-corrected chi connectivity index (χ4v) is 2.42. The fourth-order valence-electron chi connectivity index (χ4n) is 1.54. The molecule has 0 aromatic heterocycles. The van der Waals surface area contributed by atoms with E-state index >= 15 is 0 Å². The lowest BCUT2D eigenvalue weighted by molar-refractivity contribution is 1.40. The maximum Gasteiger partial charge on any atom is 0.101 e. The molecule has 0 aliphatic heterocycles. The first kappa shape index (κ1) is 13.4. The Hall–Kier alpha value is -1.06. The van der Waals surface area contributed by atoms with Crippen molar-refractivity contribution in [1.29, 1.82) is 5.26 Å². The number of nitrogens with one attached hydrogen (secondary N) is 1. The lowest BCUT2D eigenvalue weighted by Crippen LogP contribution is -1.94. The maximum atomic E-state index is 9.08. The highest BCUT2D eigenvalue weighted by atomic mass is 127. The van der Waals surface area contributed by atoms with Crippen molar-refractivity contribution in [1.82, 2.24) is 0 Å². The van der Waals surface area contributed by atoms with Crippen LogP contribution in [0.25, 0.3) is 0 Å². The molecular formula is C14H10BrIN2. The number of hydrogen-bond donors (Lipinski definition) is 1. The van der Waals surface area contributed by atoms with Crippen molar-refractivity contribution in [3.63, 3.8) is 0 Å². The monoisotopic (exact) mass is 412 g/mol. The van der Waals surface area contributed by atoms with Crippen LogP contribution in [-0.4, -0.2) is 0 Å². The van der Waals surface area contributed by atoms with E-state index in [0.717, 1.165) is 15.8 Å². The van der Waals surface area contributed by atoms with Gasteiger partial charge >= 0.3 is 0 Å². The molecule has 0 spiro atoms. The van der Waals surface area contributed by atoms with E-state index in [1.165, 1.54) is 9.13 Å². The summed E-state index contributed by atoms with van der Waals surface area (Å²) in [7, 11) is 0. The Kier molecular flexibility index (Phi) is 4.25. The van der Waals surface area contributed by atoms with Gasteiger partial charge in [0.05, 0.1) is 11.3 Å². The molecule has 0 saturated carbocycles. The van der Waals surface area contributed by atoms with Gasteiger partial charge in [-0.1, -0.05) is 22.0 Å². The summed E-state index contributed by atoms with van der Waals surface area (Å²) >= 11 is 5.72. The van der Waals surface area contributed by atoms with Crippen LogP contribution in [0.3, 0.4) is 0 Å². The SMILES string of the molecule is Cc1ccc(Nc2cc(Br)ccc2C#N)cc1I. The van der Waals surface area contributed by atoms with Gasteiger partial charge in [0.25, 0.3) is 0 Å². The summed E-state index contributed by atoms with van der Waals surface area (Å²) in [4.78, 5) is 0. The predicted molar refractivity (Wildman–Crippen MR) is 86.0 cm³/mol. The van der Waals surface area contributed by atoms with Crippen molar-refractivity contribution in [3.05, 3.63) is 55.6 Å². The van der Waals surface area contributed by atoms with Crippen LogP contribution in [0.5, 0.6) is 0 Å². The van der Waals surface area contributed by atoms with Crippen molar-refractivity contribution in [3.8, 4) is 6.07 Å². The molecule has 0 fully saturated rings. The number of benzene rings is 2.